The van der Waals surface area contributed by atoms with Gasteiger partial charge in [-0.3, -0.25) is 19.4 Å². The molecule has 5 rings (SSSR count). The van der Waals surface area contributed by atoms with Gasteiger partial charge in [0.05, 0.1) is 23.8 Å². The van der Waals surface area contributed by atoms with Gasteiger partial charge in [0.1, 0.15) is 23.7 Å². The summed E-state index contributed by atoms with van der Waals surface area (Å²) in [5, 5.41) is 7.08. The Morgan fingerprint density at radius 1 is 0.810 bits per heavy atom. The standard InChI is InChI=1S/C44H50FN7O8S3/c1-28-23-38(60-4)29(2)30(3)40(28)63(58,59)52-44(46)48-20-12-19-35(39(53)43-47-21-22-61-43)49-41(54)36(26-33-17-11-18-34(45)24-33)50-42(55)37(25-31-13-7-5-8-14-31)51-62(56,57)27-32-15-9-6-10-16-32/h5-11,13-18,21-24,35-37,51H,12,19-20,25-27H2,1-4H3,(H,49,54)(H,50,55)(H3,46,48,52)/t35-,36-,37+/m0/s1. The molecule has 19 heteroatoms. The van der Waals surface area contributed by atoms with Crippen LogP contribution in [0, 0.1) is 26.6 Å². The van der Waals surface area contributed by atoms with Crippen molar-refractivity contribution in [2.45, 2.75) is 75.2 Å². The molecule has 0 bridgehead atoms. The number of hydrogen-bond donors (Lipinski definition) is 5. The van der Waals surface area contributed by atoms with Gasteiger partial charge < -0.3 is 21.1 Å². The normalized spacial score (nSPS) is 13.4. The van der Waals surface area contributed by atoms with E-state index in [9.17, 15) is 35.6 Å². The third-order valence-corrected chi connectivity index (χ3v) is 13.8. The summed E-state index contributed by atoms with van der Waals surface area (Å²) in [4.78, 5) is 50.5. The number of nitrogens with two attached hydrogens (primary N) is 1. The van der Waals surface area contributed by atoms with E-state index < -0.39 is 73.3 Å². The van der Waals surface area contributed by atoms with Crippen molar-refractivity contribution in [3.8, 4) is 5.75 Å². The molecule has 334 valence electrons. The van der Waals surface area contributed by atoms with Crippen LogP contribution >= 0.6 is 11.3 Å². The number of nitrogens with one attached hydrogen (secondary N) is 4. The maximum Gasteiger partial charge on any atom is 0.264 e. The first-order chi connectivity index (χ1) is 30.0. The van der Waals surface area contributed by atoms with Crippen LogP contribution in [0.3, 0.4) is 0 Å². The minimum Gasteiger partial charge on any atom is -0.496 e. The van der Waals surface area contributed by atoms with E-state index in [-0.39, 0.29) is 42.1 Å². The number of guanidine groups is 1. The zero-order valence-electron chi connectivity index (χ0n) is 35.1. The van der Waals surface area contributed by atoms with Crippen LogP contribution in [0.25, 0.3) is 0 Å². The molecule has 15 nitrogen and oxygen atoms in total. The Hall–Kier alpha value is -6.02. The number of aromatic nitrogens is 1. The van der Waals surface area contributed by atoms with Crippen LogP contribution in [0.1, 0.15) is 56.0 Å². The van der Waals surface area contributed by atoms with Gasteiger partial charge in [-0.05, 0) is 91.6 Å². The lowest BCUT2D eigenvalue weighted by molar-refractivity contribution is -0.130. The summed E-state index contributed by atoms with van der Waals surface area (Å²) in [5.41, 5.74) is 9.06. The molecule has 6 N–H and O–H groups in total. The van der Waals surface area contributed by atoms with Crippen molar-refractivity contribution in [2.24, 2.45) is 10.7 Å². The Labute approximate surface area is 370 Å². The molecule has 0 unspecified atom stereocenters. The molecule has 0 radical (unpaired) electrons. The van der Waals surface area contributed by atoms with Crippen molar-refractivity contribution >= 4 is 54.9 Å². The average Bonchev–Trinajstić information content (AvgIpc) is 3.78. The van der Waals surface area contributed by atoms with Gasteiger partial charge in [0.25, 0.3) is 10.0 Å². The van der Waals surface area contributed by atoms with E-state index in [1.165, 1.54) is 31.5 Å². The molecule has 0 aliphatic carbocycles. The van der Waals surface area contributed by atoms with Gasteiger partial charge in [-0.1, -0.05) is 72.8 Å². The molecule has 63 heavy (non-hydrogen) atoms. The first-order valence-electron chi connectivity index (χ1n) is 19.8. The molecule has 1 heterocycles. The van der Waals surface area contributed by atoms with E-state index in [4.69, 9.17) is 10.5 Å². The number of amides is 2. The SMILES string of the molecule is COc1cc(C)c(S(=O)(=O)NC(N)=NCCC[C@H](NC(=O)[C@H](Cc2cccc(F)c2)NC(=O)[C@@H](Cc2ccccc2)NS(=O)(=O)Cc2ccccc2)C(=O)c2nccs2)c(C)c1C. The molecule has 2 amide bonds. The van der Waals surface area contributed by atoms with Crippen LogP contribution in [0.15, 0.2) is 112 Å². The summed E-state index contributed by atoms with van der Waals surface area (Å²) in [5.74, 6) is -3.04. The average molecular weight is 920 g/mol. The van der Waals surface area contributed by atoms with Gasteiger partial charge in [-0.25, -0.2) is 35.7 Å². The summed E-state index contributed by atoms with van der Waals surface area (Å²) in [6.45, 7) is 4.98. The second-order valence-corrected chi connectivity index (χ2v) is 19.0. The van der Waals surface area contributed by atoms with Crippen LogP contribution in [-0.4, -0.2) is 77.2 Å². The van der Waals surface area contributed by atoms with Crippen molar-refractivity contribution in [3.05, 3.63) is 147 Å². The number of halogens is 1. The minimum atomic E-state index is -4.15. The van der Waals surface area contributed by atoms with Gasteiger partial charge in [0.15, 0.2) is 5.01 Å². The topological polar surface area (TPSA) is 228 Å². The highest BCUT2D eigenvalue weighted by Crippen LogP contribution is 2.30. The molecule has 0 fully saturated rings. The number of nitrogens with zero attached hydrogens (tertiary/aromatic N) is 2. The van der Waals surface area contributed by atoms with Crippen molar-refractivity contribution in [2.75, 3.05) is 13.7 Å². The monoisotopic (exact) mass is 919 g/mol. The van der Waals surface area contributed by atoms with Gasteiger partial charge in [0, 0.05) is 24.5 Å². The van der Waals surface area contributed by atoms with Crippen molar-refractivity contribution in [1.29, 1.82) is 0 Å². The minimum absolute atomic E-state index is 0.0138. The Balaban J connectivity index is 1.36. The third-order valence-electron chi connectivity index (χ3n) is 10.00. The number of hydrogen-bond acceptors (Lipinski definition) is 11. The van der Waals surface area contributed by atoms with E-state index in [0.29, 0.717) is 39.1 Å². The quantitative estimate of drug-likeness (QED) is 0.0301. The molecule has 1 aromatic heterocycles. The zero-order valence-corrected chi connectivity index (χ0v) is 37.6. The van der Waals surface area contributed by atoms with Gasteiger partial charge >= 0.3 is 0 Å². The fourth-order valence-electron chi connectivity index (χ4n) is 6.87. The number of methoxy groups -OCH3 is 1. The zero-order chi connectivity index (χ0) is 45.7. The maximum atomic E-state index is 14.4. The molecule has 0 spiro atoms. The molecule has 0 aliphatic rings. The van der Waals surface area contributed by atoms with E-state index in [2.05, 4.69) is 30.1 Å². The van der Waals surface area contributed by atoms with E-state index in [1.54, 1.807) is 98.9 Å². The summed E-state index contributed by atoms with van der Waals surface area (Å²) >= 11 is 1.05. The molecular weight excluding hydrogens is 870 g/mol. The highest BCUT2D eigenvalue weighted by atomic mass is 32.2. The van der Waals surface area contributed by atoms with Crippen LogP contribution in [-0.2, 0) is 48.2 Å². The van der Waals surface area contributed by atoms with Crippen LogP contribution in [0.5, 0.6) is 5.75 Å². The number of aliphatic imine (C=N–C) groups is 1. The summed E-state index contributed by atoms with van der Waals surface area (Å²) < 4.78 is 78.2. The smallest absolute Gasteiger partial charge is 0.264 e. The first-order valence-corrected chi connectivity index (χ1v) is 23.8. The highest BCUT2D eigenvalue weighted by molar-refractivity contribution is 7.90. The Bertz CT molecular complexity index is 2630. The number of rotatable bonds is 21. The van der Waals surface area contributed by atoms with Crippen molar-refractivity contribution in [1.82, 2.24) is 25.1 Å². The van der Waals surface area contributed by atoms with Gasteiger partial charge in [-0.2, -0.15) is 0 Å². The Kier molecular flexibility index (Phi) is 16.7. The maximum absolute atomic E-state index is 14.4. The number of ether oxygens (including phenoxy) is 1. The van der Waals surface area contributed by atoms with E-state index in [0.717, 1.165) is 11.3 Å². The van der Waals surface area contributed by atoms with Gasteiger partial charge in [-0.15, -0.1) is 11.3 Å². The number of thiazole rings is 1. The fraction of sp³-hybridized carbons (Fsp3) is 0.295. The second kappa shape index (κ2) is 21.9. The lowest BCUT2D eigenvalue weighted by atomic mass is 10.0. The largest absolute Gasteiger partial charge is 0.496 e. The Morgan fingerprint density at radius 2 is 1.43 bits per heavy atom. The van der Waals surface area contributed by atoms with Crippen LogP contribution in [0.4, 0.5) is 4.39 Å². The highest BCUT2D eigenvalue weighted by Gasteiger charge is 2.32. The van der Waals surface area contributed by atoms with Crippen LogP contribution in [0.2, 0.25) is 0 Å². The molecule has 0 aliphatic heterocycles. The fourth-order valence-corrected chi connectivity index (χ4v) is 10.3. The molecule has 0 saturated heterocycles. The molecule has 0 saturated carbocycles. The lowest BCUT2D eigenvalue weighted by Crippen LogP contribution is -2.57. The molecule has 4 aromatic carbocycles. The molecule has 3 atom stereocenters. The number of carbonyl (C=O) groups excluding carboxylic acids is 3. The number of carbonyl (C=O) groups is 3. The molecular formula is C44H50FN7O8S3. The predicted molar refractivity (Wildman–Crippen MR) is 240 cm³/mol. The number of aryl methyl sites for hydroxylation is 1. The molecule has 5 aromatic rings. The van der Waals surface area contributed by atoms with E-state index >= 15 is 0 Å². The Morgan fingerprint density at radius 3 is 2.06 bits per heavy atom. The number of sulfonamides is 2. The van der Waals surface area contributed by atoms with Crippen molar-refractivity contribution < 1.29 is 40.3 Å². The number of ketones is 1. The number of benzene rings is 4. The van der Waals surface area contributed by atoms with Gasteiger partial charge in [0.2, 0.25) is 33.6 Å². The van der Waals surface area contributed by atoms with Crippen molar-refractivity contribution in [3.63, 3.8) is 0 Å². The predicted octanol–water partition coefficient (Wildman–Crippen LogP) is 4.42. The third kappa shape index (κ3) is 13.7. The number of Topliss-reactive ketones (excluding diaryl/α,β-unsaturated/α-hetero) is 1. The lowest BCUT2D eigenvalue weighted by Gasteiger charge is -2.25. The summed E-state index contributed by atoms with van der Waals surface area (Å²) in [6, 6.07) is 20.2. The summed E-state index contributed by atoms with van der Waals surface area (Å²) in [6.07, 6.45) is 1.25. The van der Waals surface area contributed by atoms with Crippen LogP contribution < -0.4 is 30.5 Å². The van der Waals surface area contributed by atoms with E-state index in [1.807, 2.05) is 0 Å². The first kappa shape index (κ1) is 48.0. The second-order valence-electron chi connectivity index (χ2n) is 14.8. The summed E-state index contributed by atoms with van der Waals surface area (Å²) in [7, 11) is -6.76.